The smallest absolute Gasteiger partial charge is 0.0134 e. The SMILES string of the molecule is CCC1=C(CC(C)C)C2CCC12. The molecule has 0 aromatic rings. The number of hydrogen-bond donors (Lipinski definition) is 0. The van der Waals surface area contributed by atoms with Crippen LogP contribution >= 0.6 is 0 Å². The lowest BCUT2D eigenvalue weighted by atomic mass is 9.54. The lowest BCUT2D eigenvalue weighted by molar-refractivity contribution is 0.186. The number of allylic oxidation sites excluding steroid dienone is 2. The molecule has 0 nitrogen and oxygen atoms in total. The molecule has 0 aromatic carbocycles. The first kappa shape index (κ1) is 8.34. The first-order valence-electron chi connectivity index (χ1n) is 5.45. The molecule has 2 rings (SSSR count). The van der Waals surface area contributed by atoms with Crippen molar-refractivity contribution in [1.29, 1.82) is 0 Å². The van der Waals surface area contributed by atoms with Gasteiger partial charge in [-0.2, -0.15) is 0 Å². The molecule has 0 bridgehead atoms. The van der Waals surface area contributed by atoms with Crippen LogP contribution in [0.15, 0.2) is 11.1 Å². The lowest BCUT2D eigenvalue weighted by Crippen LogP contribution is -2.39. The molecule has 2 atom stereocenters. The molecule has 0 aromatic heterocycles. The minimum absolute atomic E-state index is 0.864. The molecule has 2 aliphatic carbocycles. The molecule has 1 fully saturated rings. The summed E-state index contributed by atoms with van der Waals surface area (Å²) in [6, 6.07) is 0. The Bertz CT molecular complexity index is 210. The minimum Gasteiger partial charge on any atom is -0.0673 e. The van der Waals surface area contributed by atoms with Crippen molar-refractivity contribution in [2.45, 2.75) is 46.5 Å². The van der Waals surface area contributed by atoms with E-state index in [2.05, 4.69) is 20.8 Å². The molecule has 2 unspecified atom stereocenters. The van der Waals surface area contributed by atoms with Crippen LogP contribution in [0.4, 0.5) is 0 Å². The molecule has 2 aliphatic rings. The van der Waals surface area contributed by atoms with Gasteiger partial charge in [0.2, 0.25) is 0 Å². The fourth-order valence-electron chi connectivity index (χ4n) is 2.93. The van der Waals surface area contributed by atoms with Crippen LogP contribution in [0.3, 0.4) is 0 Å². The van der Waals surface area contributed by atoms with Gasteiger partial charge >= 0.3 is 0 Å². The third kappa shape index (κ3) is 1.04. The monoisotopic (exact) mass is 164 g/mol. The van der Waals surface area contributed by atoms with E-state index in [0.29, 0.717) is 0 Å². The molecular weight excluding hydrogens is 144 g/mol. The first-order valence-corrected chi connectivity index (χ1v) is 5.45. The molecule has 0 heterocycles. The molecule has 68 valence electrons. The van der Waals surface area contributed by atoms with E-state index in [1.165, 1.54) is 25.7 Å². The van der Waals surface area contributed by atoms with Crippen LogP contribution in [0.1, 0.15) is 46.5 Å². The molecule has 0 N–H and O–H groups in total. The zero-order chi connectivity index (χ0) is 8.72. The highest BCUT2D eigenvalue weighted by Gasteiger charge is 2.44. The van der Waals surface area contributed by atoms with E-state index in [1.54, 1.807) is 0 Å². The van der Waals surface area contributed by atoms with Crippen molar-refractivity contribution in [3.05, 3.63) is 11.1 Å². The average molecular weight is 164 g/mol. The molecule has 0 aliphatic heterocycles. The summed E-state index contributed by atoms with van der Waals surface area (Å²) in [5.74, 6) is 2.95. The van der Waals surface area contributed by atoms with Crippen molar-refractivity contribution in [1.82, 2.24) is 0 Å². The summed E-state index contributed by atoms with van der Waals surface area (Å²) in [4.78, 5) is 0. The van der Waals surface area contributed by atoms with Crippen LogP contribution in [0, 0.1) is 17.8 Å². The number of hydrogen-bond acceptors (Lipinski definition) is 0. The van der Waals surface area contributed by atoms with E-state index in [4.69, 9.17) is 0 Å². The van der Waals surface area contributed by atoms with Crippen molar-refractivity contribution in [2.75, 3.05) is 0 Å². The van der Waals surface area contributed by atoms with Gasteiger partial charge < -0.3 is 0 Å². The van der Waals surface area contributed by atoms with E-state index in [1.807, 2.05) is 11.1 Å². The van der Waals surface area contributed by atoms with E-state index < -0.39 is 0 Å². The Hall–Kier alpha value is -0.260. The van der Waals surface area contributed by atoms with Crippen LogP contribution in [-0.2, 0) is 0 Å². The predicted molar refractivity (Wildman–Crippen MR) is 53.0 cm³/mol. The fraction of sp³-hybridized carbons (Fsp3) is 0.833. The Morgan fingerprint density at radius 2 is 1.75 bits per heavy atom. The number of fused-ring (bicyclic) bond motifs is 1. The predicted octanol–water partition coefficient (Wildman–Crippen LogP) is 3.78. The van der Waals surface area contributed by atoms with Crippen LogP contribution in [-0.4, -0.2) is 0 Å². The topological polar surface area (TPSA) is 0 Å². The molecule has 0 heteroatoms. The molecule has 0 saturated heterocycles. The second-order valence-corrected chi connectivity index (χ2v) is 4.79. The van der Waals surface area contributed by atoms with Crippen molar-refractivity contribution in [3.63, 3.8) is 0 Å². The maximum Gasteiger partial charge on any atom is -0.0134 e. The van der Waals surface area contributed by atoms with Gasteiger partial charge in [0.05, 0.1) is 0 Å². The third-order valence-electron chi connectivity index (χ3n) is 3.59. The van der Waals surface area contributed by atoms with Crippen molar-refractivity contribution in [2.24, 2.45) is 17.8 Å². The van der Waals surface area contributed by atoms with Crippen LogP contribution in [0.2, 0.25) is 0 Å². The van der Waals surface area contributed by atoms with Gasteiger partial charge in [-0.3, -0.25) is 0 Å². The Kier molecular flexibility index (Phi) is 2.02. The highest BCUT2D eigenvalue weighted by Crippen LogP contribution is 2.56. The molecular formula is C12H20. The quantitative estimate of drug-likeness (QED) is 0.557. The Balaban J connectivity index is 2.06. The van der Waals surface area contributed by atoms with Gasteiger partial charge in [0.15, 0.2) is 0 Å². The maximum absolute atomic E-state index is 2.34. The normalized spacial score (nSPS) is 33.0. The highest BCUT2D eigenvalue weighted by molar-refractivity contribution is 5.36. The van der Waals surface area contributed by atoms with Crippen molar-refractivity contribution >= 4 is 0 Å². The summed E-state index contributed by atoms with van der Waals surface area (Å²) in [7, 11) is 0. The zero-order valence-electron chi connectivity index (χ0n) is 8.56. The largest absolute Gasteiger partial charge is 0.0673 e. The standard InChI is InChI=1S/C12H20/c1-4-9-10-5-6-11(10)12(9)7-8(2)3/h8,10-11H,4-7H2,1-3H3. The van der Waals surface area contributed by atoms with Gasteiger partial charge in [-0.05, 0) is 43.4 Å². The van der Waals surface area contributed by atoms with Gasteiger partial charge in [-0.1, -0.05) is 31.9 Å². The summed E-state index contributed by atoms with van der Waals surface area (Å²) < 4.78 is 0. The summed E-state index contributed by atoms with van der Waals surface area (Å²) in [6.07, 6.45) is 5.69. The summed E-state index contributed by atoms with van der Waals surface area (Å²) in [5.41, 5.74) is 3.68. The Labute approximate surface area is 76.1 Å². The van der Waals surface area contributed by atoms with Crippen molar-refractivity contribution in [3.8, 4) is 0 Å². The van der Waals surface area contributed by atoms with E-state index in [0.717, 1.165) is 17.8 Å². The first-order chi connectivity index (χ1) is 5.74. The average Bonchev–Trinajstić information content (AvgIpc) is 1.95. The van der Waals surface area contributed by atoms with Crippen LogP contribution < -0.4 is 0 Å². The summed E-state index contributed by atoms with van der Waals surface area (Å²) in [6.45, 7) is 7.00. The fourth-order valence-corrected chi connectivity index (χ4v) is 2.93. The molecule has 0 spiro atoms. The van der Waals surface area contributed by atoms with Gasteiger partial charge in [-0.25, -0.2) is 0 Å². The lowest BCUT2D eigenvalue weighted by Gasteiger charge is -2.51. The van der Waals surface area contributed by atoms with Gasteiger partial charge in [-0.15, -0.1) is 0 Å². The molecule has 0 radical (unpaired) electrons. The highest BCUT2D eigenvalue weighted by atomic mass is 14.5. The second-order valence-electron chi connectivity index (χ2n) is 4.79. The van der Waals surface area contributed by atoms with Gasteiger partial charge in [0.1, 0.15) is 0 Å². The minimum atomic E-state index is 0.864. The zero-order valence-corrected chi connectivity index (χ0v) is 8.56. The van der Waals surface area contributed by atoms with Crippen LogP contribution in [0.5, 0.6) is 0 Å². The van der Waals surface area contributed by atoms with Gasteiger partial charge in [0.25, 0.3) is 0 Å². The van der Waals surface area contributed by atoms with Gasteiger partial charge in [0, 0.05) is 0 Å². The van der Waals surface area contributed by atoms with Crippen molar-refractivity contribution < 1.29 is 0 Å². The van der Waals surface area contributed by atoms with E-state index in [-0.39, 0.29) is 0 Å². The third-order valence-corrected chi connectivity index (χ3v) is 3.59. The molecule has 1 saturated carbocycles. The summed E-state index contributed by atoms with van der Waals surface area (Å²) >= 11 is 0. The Morgan fingerprint density at radius 1 is 1.17 bits per heavy atom. The molecule has 12 heavy (non-hydrogen) atoms. The van der Waals surface area contributed by atoms with E-state index in [9.17, 15) is 0 Å². The maximum atomic E-state index is 2.34. The Morgan fingerprint density at radius 3 is 2.17 bits per heavy atom. The van der Waals surface area contributed by atoms with Crippen LogP contribution in [0.25, 0.3) is 0 Å². The second kappa shape index (κ2) is 2.90. The van der Waals surface area contributed by atoms with E-state index >= 15 is 0 Å². The number of rotatable bonds is 3. The summed E-state index contributed by atoms with van der Waals surface area (Å²) in [5, 5.41) is 0. The molecule has 0 amide bonds.